The Morgan fingerprint density at radius 3 is 2.09 bits per heavy atom. The number of rotatable bonds is 9. The standard InChI is InChI=1S/C26H28F6N2/c1-3-21(34(2)16-18-7-5-4-6-8-18)13-14-24(17-33,19-9-10-19)20-11-12-22(25(27,28)29)23(15-20)26(30,31)32/h4-8,11-12,15,19,21H,3,9-10,13-14,16H2,1-2H3. The number of benzene rings is 2. The van der Waals surface area contributed by atoms with Crippen LogP contribution >= 0.6 is 0 Å². The van der Waals surface area contributed by atoms with E-state index >= 15 is 0 Å². The maximum Gasteiger partial charge on any atom is 0.417 e. The Morgan fingerprint density at radius 2 is 1.59 bits per heavy atom. The Morgan fingerprint density at radius 1 is 0.971 bits per heavy atom. The molecule has 0 amide bonds. The molecule has 2 aromatic rings. The minimum atomic E-state index is -5.17. The molecule has 1 fully saturated rings. The van der Waals surface area contributed by atoms with Crippen molar-refractivity contribution >= 4 is 0 Å². The predicted octanol–water partition coefficient (Wildman–Crippen LogP) is 7.59. The van der Waals surface area contributed by atoms with Crippen molar-refractivity contribution in [3.8, 4) is 6.07 Å². The fraction of sp³-hybridized carbons (Fsp3) is 0.500. The van der Waals surface area contributed by atoms with Gasteiger partial charge >= 0.3 is 12.4 Å². The van der Waals surface area contributed by atoms with E-state index in [9.17, 15) is 31.6 Å². The van der Waals surface area contributed by atoms with Crippen molar-refractivity contribution in [2.45, 2.75) is 69.4 Å². The lowest BCUT2D eigenvalue weighted by Gasteiger charge is -2.33. The molecule has 0 aliphatic heterocycles. The molecule has 2 nitrogen and oxygen atoms in total. The molecule has 0 aromatic heterocycles. The van der Waals surface area contributed by atoms with Gasteiger partial charge in [0.2, 0.25) is 0 Å². The van der Waals surface area contributed by atoms with Crippen LogP contribution in [0.2, 0.25) is 0 Å². The summed E-state index contributed by atoms with van der Waals surface area (Å²) in [7, 11) is 1.96. The molecular weight excluding hydrogens is 454 g/mol. The van der Waals surface area contributed by atoms with E-state index in [4.69, 9.17) is 0 Å². The van der Waals surface area contributed by atoms with Crippen LogP contribution in [0.4, 0.5) is 26.3 Å². The Hall–Kier alpha value is -2.53. The minimum absolute atomic E-state index is 0.0263. The zero-order valence-electron chi connectivity index (χ0n) is 19.2. The summed E-state index contributed by atoms with van der Waals surface area (Å²) in [6, 6.07) is 14.2. The quantitative estimate of drug-likeness (QED) is 0.344. The molecule has 0 spiro atoms. The molecule has 1 saturated carbocycles. The van der Waals surface area contributed by atoms with E-state index in [1.54, 1.807) is 0 Å². The normalized spacial score (nSPS) is 17.3. The molecule has 2 atom stereocenters. The van der Waals surface area contributed by atoms with Crippen molar-refractivity contribution in [2.24, 2.45) is 5.92 Å². The molecule has 0 heterocycles. The highest BCUT2D eigenvalue weighted by atomic mass is 19.4. The molecule has 184 valence electrons. The Labute approximate surface area is 196 Å². The van der Waals surface area contributed by atoms with E-state index in [1.165, 1.54) is 0 Å². The first-order chi connectivity index (χ1) is 15.9. The highest BCUT2D eigenvalue weighted by Gasteiger charge is 2.49. The third-order valence-electron chi connectivity index (χ3n) is 6.86. The van der Waals surface area contributed by atoms with Gasteiger partial charge in [-0.3, -0.25) is 4.90 Å². The third kappa shape index (κ3) is 5.75. The van der Waals surface area contributed by atoms with E-state index in [2.05, 4.69) is 11.0 Å². The van der Waals surface area contributed by atoms with Crippen molar-refractivity contribution in [2.75, 3.05) is 7.05 Å². The zero-order valence-corrected chi connectivity index (χ0v) is 19.2. The summed E-state index contributed by atoms with van der Waals surface area (Å²) in [5.74, 6) is -0.160. The number of hydrogen-bond acceptors (Lipinski definition) is 2. The first kappa shape index (κ1) is 26.1. The molecule has 2 aromatic carbocycles. The minimum Gasteiger partial charge on any atom is -0.299 e. The molecule has 34 heavy (non-hydrogen) atoms. The lowest BCUT2D eigenvalue weighted by molar-refractivity contribution is -0.162. The highest BCUT2D eigenvalue weighted by Crippen LogP contribution is 2.52. The first-order valence-electron chi connectivity index (χ1n) is 11.4. The highest BCUT2D eigenvalue weighted by molar-refractivity contribution is 5.43. The van der Waals surface area contributed by atoms with E-state index in [0.717, 1.165) is 18.1 Å². The molecule has 0 N–H and O–H groups in total. The molecule has 2 unspecified atom stereocenters. The van der Waals surface area contributed by atoms with Crippen LogP contribution in [0.5, 0.6) is 0 Å². The van der Waals surface area contributed by atoms with Crippen molar-refractivity contribution in [3.63, 3.8) is 0 Å². The summed E-state index contributed by atoms with van der Waals surface area (Å²) in [6.45, 7) is 2.69. The smallest absolute Gasteiger partial charge is 0.299 e. The maximum atomic E-state index is 13.6. The molecule has 0 bridgehead atoms. The van der Waals surface area contributed by atoms with Gasteiger partial charge in [-0.05, 0) is 68.3 Å². The van der Waals surface area contributed by atoms with E-state index < -0.39 is 28.9 Å². The van der Waals surface area contributed by atoms with Crippen LogP contribution in [-0.4, -0.2) is 18.0 Å². The van der Waals surface area contributed by atoms with Gasteiger partial charge in [0.1, 0.15) is 0 Å². The lowest BCUT2D eigenvalue weighted by Crippen LogP contribution is -2.35. The van der Waals surface area contributed by atoms with Gasteiger partial charge in [-0.1, -0.05) is 43.3 Å². The van der Waals surface area contributed by atoms with Gasteiger partial charge in [-0.25, -0.2) is 0 Å². The Kier molecular flexibility index (Phi) is 7.66. The average Bonchev–Trinajstić information content (AvgIpc) is 3.62. The molecule has 0 saturated heterocycles. The number of hydrogen-bond donors (Lipinski definition) is 0. The molecule has 1 aliphatic rings. The number of nitrogens with zero attached hydrogens (tertiary/aromatic N) is 2. The number of nitriles is 1. The second-order valence-corrected chi connectivity index (χ2v) is 9.11. The molecule has 0 radical (unpaired) electrons. The van der Waals surface area contributed by atoms with Gasteiger partial charge < -0.3 is 0 Å². The SMILES string of the molecule is CCC(CCC(C#N)(c1ccc(C(F)(F)F)c(C(F)(F)F)c1)C1CC1)N(C)Cc1ccccc1. The van der Waals surface area contributed by atoms with Crippen molar-refractivity contribution < 1.29 is 26.3 Å². The van der Waals surface area contributed by atoms with Crippen molar-refractivity contribution in [1.82, 2.24) is 4.90 Å². The summed E-state index contributed by atoms with van der Waals surface area (Å²) in [5, 5.41) is 10.2. The predicted molar refractivity (Wildman–Crippen MR) is 118 cm³/mol. The van der Waals surface area contributed by atoms with E-state index in [0.29, 0.717) is 37.9 Å². The topological polar surface area (TPSA) is 27.0 Å². The van der Waals surface area contributed by atoms with Gasteiger partial charge in [-0.2, -0.15) is 31.6 Å². The van der Waals surface area contributed by atoms with Crippen LogP contribution in [0.3, 0.4) is 0 Å². The number of alkyl halides is 6. The Balaban J connectivity index is 1.90. The largest absolute Gasteiger partial charge is 0.417 e. The second-order valence-electron chi connectivity index (χ2n) is 9.11. The average molecular weight is 483 g/mol. The van der Waals surface area contributed by atoms with Gasteiger partial charge in [-0.15, -0.1) is 0 Å². The summed E-state index contributed by atoms with van der Waals surface area (Å²) in [6.07, 6.45) is -7.35. The molecule has 8 heteroatoms. The van der Waals surface area contributed by atoms with Crippen LogP contribution in [0, 0.1) is 17.2 Å². The fourth-order valence-electron chi connectivity index (χ4n) is 4.81. The summed E-state index contributed by atoms with van der Waals surface area (Å²) in [5.41, 5.74) is -3.55. The lowest BCUT2D eigenvalue weighted by atomic mass is 9.72. The van der Waals surface area contributed by atoms with Gasteiger partial charge in [0, 0.05) is 12.6 Å². The molecule has 1 aliphatic carbocycles. The molecular formula is C26H28F6N2. The first-order valence-corrected chi connectivity index (χ1v) is 11.4. The van der Waals surface area contributed by atoms with Crippen LogP contribution in [0.1, 0.15) is 61.3 Å². The fourth-order valence-corrected chi connectivity index (χ4v) is 4.81. The second kappa shape index (κ2) is 9.99. The van der Waals surface area contributed by atoms with Gasteiger partial charge in [0.25, 0.3) is 0 Å². The van der Waals surface area contributed by atoms with Crippen LogP contribution in [0.15, 0.2) is 48.5 Å². The van der Waals surface area contributed by atoms with Crippen LogP contribution in [0.25, 0.3) is 0 Å². The summed E-state index contributed by atoms with van der Waals surface area (Å²) in [4.78, 5) is 2.15. The van der Waals surface area contributed by atoms with Crippen LogP contribution < -0.4 is 0 Å². The summed E-state index contributed by atoms with van der Waals surface area (Å²) >= 11 is 0. The number of halogens is 6. The van der Waals surface area contributed by atoms with E-state index in [1.807, 2.05) is 44.3 Å². The summed E-state index contributed by atoms with van der Waals surface area (Å²) < 4.78 is 80.4. The van der Waals surface area contributed by atoms with Gasteiger partial charge in [0.05, 0.1) is 22.6 Å². The Bertz CT molecular complexity index is 1000. The van der Waals surface area contributed by atoms with Gasteiger partial charge in [0.15, 0.2) is 0 Å². The van der Waals surface area contributed by atoms with Crippen molar-refractivity contribution in [3.05, 3.63) is 70.8 Å². The third-order valence-corrected chi connectivity index (χ3v) is 6.86. The van der Waals surface area contributed by atoms with Crippen molar-refractivity contribution in [1.29, 1.82) is 5.26 Å². The molecule has 3 rings (SSSR count). The van der Waals surface area contributed by atoms with E-state index in [-0.39, 0.29) is 23.9 Å². The van der Waals surface area contributed by atoms with Crippen LogP contribution in [-0.2, 0) is 24.3 Å². The zero-order chi connectivity index (χ0) is 25.1. The maximum absolute atomic E-state index is 13.6. The monoisotopic (exact) mass is 482 g/mol.